The lowest BCUT2D eigenvalue weighted by molar-refractivity contribution is 0.0954. The van der Waals surface area contributed by atoms with Crippen molar-refractivity contribution in [1.82, 2.24) is 5.32 Å². The van der Waals surface area contributed by atoms with E-state index in [1.165, 1.54) is 12.1 Å². The number of benzene rings is 2. The lowest BCUT2D eigenvalue weighted by Gasteiger charge is -2.07. The highest BCUT2D eigenvalue weighted by Crippen LogP contribution is 2.25. The summed E-state index contributed by atoms with van der Waals surface area (Å²) in [5.74, 6) is 0.715. The largest absolute Gasteiger partial charge is 0.493 e. The molecule has 0 aliphatic carbocycles. The van der Waals surface area contributed by atoms with E-state index in [-0.39, 0.29) is 10.8 Å². The van der Waals surface area contributed by atoms with Gasteiger partial charge in [-0.05, 0) is 47.9 Å². The molecule has 0 saturated carbocycles. The van der Waals surface area contributed by atoms with Crippen molar-refractivity contribution in [2.45, 2.75) is 17.7 Å². The summed E-state index contributed by atoms with van der Waals surface area (Å²) in [5, 5.41) is 7.92. The van der Waals surface area contributed by atoms with Gasteiger partial charge in [0.25, 0.3) is 5.91 Å². The fraction of sp³-hybridized carbons (Fsp3) is 0.235. The van der Waals surface area contributed by atoms with Crippen LogP contribution in [0.1, 0.15) is 21.5 Å². The quantitative estimate of drug-likeness (QED) is 0.851. The molecule has 7 heteroatoms. The second kappa shape index (κ2) is 6.62. The van der Waals surface area contributed by atoms with Gasteiger partial charge >= 0.3 is 0 Å². The van der Waals surface area contributed by atoms with Crippen LogP contribution < -0.4 is 15.2 Å². The first kappa shape index (κ1) is 16.5. The van der Waals surface area contributed by atoms with Gasteiger partial charge in [0.15, 0.2) is 0 Å². The van der Waals surface area contributed by atoms with E-state index in [0.717, 1.165) is 23.3 Å². The van der Waals surface area contributed by atoms with Gasteiger partial charge in [-0.3, -0.25) is 4.79 Å². The molecule has 1 amide bonds. The first-order chi connectivity index (χ1) is 11.4. The molecule has 0 bridgehead atoms. The van der Waals surface area contributed by atoms with Gasteiger partial charge in [-0.15, -0.1) is 0 Å². The van der Waals surface area contributed by atoms with Crippen LogP contribution in [0, 0.1) is 0 Å². The molecule has 1 aliphatic rings. The Kier molecular flexibility index (Phi) is 4.55. The van der Waals surface area contributed by atoms with E-state index in [0.29, 0.717) is 25.1 Å². The predicted octanol–water partition coefficient (Wildman–Crippen LogP) is 1.24. The average Bonchev–Trinajstić information content (AvgIpc) is 3.02. The first-order valence-electron chi connectivity index (χ1n) is 7.59. The summed E-state index contributed by atoms with van der Waals surface area (Å²) < 4.78 is 27.8. The number of hydrogen-bond donors (Lipinski definition) is 2. The van der Waals surface area contributed by atoms with Gasteiger partial charge < -0.3 is 10.1 Å². The Morgan fingerprint density at radius 2 is 1.92 bits per heavy atom. The molecule has 0 spiro atoms. The maximum absolute atomic E-state index is 12.2. The second-order valence-electron chi connectivity index (χ2n) is 5.62. The van der Waals surface area contributed by atoms with E-state index >= 15 is 0 Å². The van der Waals surface area contributed by atoms with Crippen LogP contribution in [0.15, 0.2) is 47.4 Å². The van der Waals surface area contributed by atoms with Crippen LogP contribution in [0.3, 0.4) is 0 Å². The molecule has 0 saturated heterocycles. The molecule has 0 atom stereocenters. The molecule has 2 aromatic rings. The topological polar surface area (TPSA) is 98.5 Å². The fourth-order valence-corrected chi connectivity index (χ4v) is 3.11. The molecule has 0 fully saturated rings. The summed E-state index contributed by atoms with van der Waals surface area (Å²) in [6, 6.07) is 11.7. The molecule has 0 radical (unpaired) electrons. The number of ether oxygens (including phenoxy) is 1. The zero-order valence-corrected chi connectivity index (χ0v) is 13.8. The maximum Gasteiger partial charge on any atom is 0.251 e. The minimum absolute atomic E-state index is 0.0793. The number of rotatable bonds is 5. The molecule has 1 aliphatic heterocycles. The Morgan fingerprint density at radius 3 is 2.62 bits per heavy atom. The molecular formula is C17H18N2O4S. The van der Waals surface area contributed by atoms with Gasteiger partial charge in [0.1, 0.15) is 5.75 Å². The normalized spacial score (nSPS) is 13.2. The van der Waals surface area contributed by atoms with Crippen molar-refractivity contribution in [3.8, 4) is 5.75 Å². The molecule has 6 nitrogen and oxygen atoms in total. The van der Waals surface area contributed by atoms with Crippen molar-refractivity contribution in [1.29, 1.82) is 0 Å². The molecule has 3 N–H and O–H groups in total. The monoisotopic (exact) mass is 346 g/mol. The minimum atomic E-state index is -3.67. The van der Waals surface area contributed by atoms with Crippen LogP contribution in [0.5, 0.6) is 5.75 Å². The predicted molar refractivity (Wildman–Crippen MR) is 89.5 cm³/mol. The lowest BCUT2D eigenvalue weighted by atomic mass is 10.1. The molecule has 0 aromatic heterocycles. The van der Waals surface area contributed by atoms with Crippen LogP contribution in [-0.4, -0.2) is 27.5 Å². The summed E-state index contributed by atoms with van der Waals surface area (Å²) >= 11 is 0. The van der Waals surface area contributed by atoms with Crippen molar-refractivity contribution in [3.63, 3.8) is 0 Å². The average molecular weight is 346 g/mol. The van der Waals surface area contributed by atoms with Crippen LogP contribution in [-0.2, 0) is 22.9 Å². The van der Waals surface area contributed by atoms with E-state index in [1.54, 1.807) is 18.2 Å². The Hall–Kier alpha value is -2.38. The zero-order valence-electron chi connectivity index (χ0n) is 13.0. The Morgan fingerprint density at radius 1 is 1.17 bits per heavy atom. The van der Waals surface area contributed by atoms with Crippen molar-refractivity contribution >= 4 is 15.9 Å². The van der Waals surface area contributed by atoms with Gasteiger partial charge in [-0.25, -0.2) is 13.6 Å². The van der Waals surface area contributed by atoms with Crippen molar-refractivity contribution < 1.29 is 17.9 Å². The van der Waals surface area contributed by atoms with Gasteiger partial charge in [0.05, 0.1) is 11.5 Å². The molecule has 2 aromatic carbocycles. The molecule has 126 valence electrons. The van der Waals surface area contributed by atoms with E-state index in [1.807, 2.05) is 12.1 Å². The van der Waals surface area contributed by atoms with Crippen LogP contribution in [0.2, 0.25) is 0 Å². The zero-order chi connectivity index (χ0) is 17.2. The number of nitrogens with one attached hydrogen (secondary N) is 1. The highest BCUT2D eigenvalue weighted by molar-refractivity contribution is 7.89. The molecule has 1 heterocycles. The minimum Gasteiger partial charge on any atom is -0.493 e. The van der Waals surface area contributed by atoms with Gasteiger partial charge in [0, 0.05) is 18.5 Å². The van der Waals surface area contributed by atoms with E-state index in [9.17, 15) is 13.2 Å². The third-order valence-corrected chi connectivity index (χ3v) is 4.83. The summed E-state index contributed by atoms with van der Waals surface area (Å²) in [7, 11) is -3.67. The Bertz CT molecular complexity index is 861. The number of nitrogens with two attached hydrogens (primary N) is 1. The second-order valence-corrected chi connectivity index (χ2v) is 7.18. The van der Waals surface area contributed by atoms with Crippen LogP contribution in [0.25, 0.3) is 0 Å². The lowest BCUT2D eigenvalue weighted by Crippen LogP contribution is -2.25. The number of amides is 1. The molecule has 0 unspecified atom stereocenters. The maximum atomic E-state index is 12.2. The van der Waals surface area contributed by atoms with Gasteiger partial charge in [-0.2, -0.15) is 0 Å². The van der Waals surface area contributed by atoms with Crippen molar-refractivity contribution in [3.05, 3.63) is 59.2 Å². The third kappa shape index (κ3) is 3.74. The van der Waals surface area contributed by atoms with Crippen LogP contribution in [0.4, 0.5) is 0 Å². The number of sulfonamides is 1. The SMILES string of the molecule is NS(=O)(=O)c1ccc(CCNC(=O)c2ccc3c(c2)CCO3)cc1. The highest BCUT2D eigenvalue weighted by Gasteiger charge is 2.14. The number of hydrogen-bond acceptors (Lipinski definition) is 4. The summed E-state index contributed by atoms with van der Waals surface area (Å²) in [5.41, 5.74) is 2.59. The number of carbonyl (C=O) groups is 1. The molecule has 24 heavy (non-hydrogen) atoms. The standard InChI is InChI=1S/C17H18N2O4S/c18-24(21,22)15-4-1-12(2-5-15)7-9-19-17(20)14-3-6-16-13(11-14)8-10-23-16/h1-6,11H,7-10H2,(H,19,20)(H2,18,21,22). The first-order valence-corrected chi connectivity index (χ1v) is 9.14. The van der Waals surface area contributed by atoms with E-state index in [4.69, 9.17) is 9.88 Å². The van der Waals surface area contributed by atoms with E-state index in [2.05, 4.69) is 5.32 Å². The summed E-state index contributed by atoms with van der Waals surface area (Å²) in [4.78, 5) is 12.3. The number of carbonyl (C=O) groups excluding carboxylic acids is 1. The number of fused-ring (bicyclic) bond motifs is 1. The number of primary sulfonamides is 1. The smallest absolute Gasteiger partial charge is 0.251 e. The Labute approximate surface area is 140 Å². The molecule has 3 rings (SSSR count). The van der Waals surface area contributed by atoms with Gasteiger partial charge in [-0.1, -0.05) is 12.1 Å². The van der Waals surface area contributed by atoms with Crippen LogP contribution >= 0.6 is 0 Å². The third-order valence-electron chi connectivity index (χ3n) is 3.90. The molecular weight excluding hydrogens is 328 g/mol. The van der Waals surface area contributed by atoms with Crippen molar-refractivity contribution in [2.75, 3.05) is 13.2 Å². The highest BCUT2D eigenvalue weighted by atomic mass is 32.2. The Balaban J connectivity index is 1.55. The van der Waals surface area contributed by atoms with Crippen molar-refractivity contribution in [2.24, 2.45) is 5.14 Å². The summed E-state index contributed by atoms with van der Waals surface area (Å²) in [6.07, 6.45) is 1.43. The van der Waals surface area contributed by atoms with Gasteiger partial charge in [0.2, 0.25) is 10.0 Å². The fourth-order valence-electron chi connectivity index (χ4n) is 2.60. The summed E-state index contributed by atoms with van der Waals surface area (Å²) in [6.45, 7) is 1.12. The van der Waals surface area contributed by atoms with E-state index < -0.39 is 10.0 Å².